The van der Waals surface area contributed by atoms with Gasteiger partial charge in [-0.05, 0) is 26.0 Å². The number of rotatable bonds is 3. The largest absolute Gasteiger partial charge is 0.373 e. The minimum absolute atomic E-state index is 0.105. The first-order chi connectivity index (χ1) is 6.89. The lowest BCUT2D eigenvalue weighted by Gasteiger charge is -2.18. The molecule has 84 valence electrons. The Morgan fingerprint density at radius 2 is 1.93 bits per heavy atom. The number of pyridine rings is 1. The van der Waals surface area contributed by atoms with Crippen LogP contribution in [0, 0.1) is 0 Å². The maximum Gasteiger partial charge on any atom is 0.0891 e. The van der Waals surface area contributed by atoms with Crippen LogP contribution in [0.4, 0.5) is 0 Å². The van der Waals surface area contributed by atoms with Gasteiger partial charge in [0.2, 0.25) is 0 Å². The van der Waals surface area contributed by atoms with E-state index in [9.17, 15) is 0 Å². The molecule has 0 saturated carbocycles. The maximum absolute atomic E-state index is 5.53. The molecular weight excluding hydrogens is 186 g/mol. The van der Waals surface area contributed by atoms with E-state index in [0.717, 1.165) is 11.4 Å². The third kappa shape index (κ3) is 4.00. The summed E-state index contributed by atoms with van der Waals surface area (Å²) < 4.78 is 5.53. The second-order valence-electron chi connectivity index (χ2n) is 5.12. The smallest absolute Gasteiger partial charge is 0.0891 e. The molecular formula is C13H21NO. The van der Waals surface area contributed by atoms with E-state index in [0.29, 0.717) is 6.61 Å². The zero-order valence-corrected chi connectivity index (χ0v) is 10.4. The summed E-state index contributed by atoms with van der Waals surface area (Å²) in [5, 5.41) is 0. The number of aromatic nitrogens is 1. The molecule has 0 bridgehead atoms. The summed E-state index contributed by atoms with van der Waals surface area (Å²) in [6.45, 7) is 11.2. The molecule has 0 radical (unpaired) electrons. The maximum atomic E-state index is 5.53. The number of nitrogens with zero attached hydrogens (tertiary/aromatic N) is 1. The van der Waals surface area contributed by atoms with Crippen LogP contribution in [-0.4, -0.2) is 11.1 Å². The molecule has 0 aliphatic rings. The third-order valence-corrected chi connectivity index (χ3v) is 2.14. The summed E-state index contributed by atoms with van der Waals surface area (Å²) in [5.74, 6) is 0. The van der Waals surface area contributed by atoms with E-state index in [-0.39, 0.29) is 11.5 Å². The van der Waals surface area contributed by atoms with Gasteiger partial charge in [-0.2, -0.15) is 0 Å². The summed E-state index contributed by atoms with van der Waals surface area (Å²) in [6, 6.07) is 6.13. The van der Waals surface area contributed by atoms with Crippen LogP contribution in [0.25, 0.3) is 0 Å². The van der Waals surface area contributed by atoms with Crippen LogP contribution in [0.3, 0.4) is 0 Å². The average Bonchev–Trinajstić information content (AvgIpc) is 2.14. The monoisotopic (exact) mass is 207 g/mol. The molecule has 0 unspecified atom stereocenters. The van der Waals surface area contributed by atoms with Crippen molar-refractivity contribution in [3.8, 4) is 0 Å². The lowest BCUT2D eigenvalue weighted by Crippen LogP contribution is -2.14. The lowest BCUT2D eigenvalue weighted by atomic mass is 9.91. The molecule has 0 N–H and O–H groups in total. The summed E-state index contributed by atoms with van der Waals surface area (Å²) in [7, 11) is 0. The number of ether oxygens (including phenoxy) is 1. The van der Waals surface area contributed by atoms with Crippen molar-refractivity contribution in [2.45, 2.75) is 52.7 Å². The van der Waals surface area contributed by atoms with Crippen molar-refractivity contribution in [1.82, 2.24) is 4.98 Å². The Bertz CT molecular complexity index is 313. The van der Waals surface area contributed by atoms with Crippen molar-refractivity contribution >= 4 is 0 Å². The van der Waals surface area contributed by atoms with E-state index < -0.39 is 0 Å². The van der Waals surface area contributed by atoms with Crippen LogP contribution in [-0.2, 0) is 16.8 Å². The van der Waals surface area contributed by atoms with E-state index >= 15 is 0 Å². The SMILES string of the molecule is CC(C)OCc1cccc(C(C)(C)C)n1. The highest BCUT2D eigenvalue weighted by atomic mass is 16.5. The summed E-state index contributed by atoms with van der Waals surface area (Å²) in [4.78, 5) is 4.59. The van der Waals surface area contributed by atoms with Crippen molar-refractivity contribution in [2.75, 3.05) is 0 Å². The van der Waals surface area contributed by atoms with Crippen molar-refractivity contribution in [3.05, 3.63) is 29.6 Å². The average molecular weight is 207 g/mol. The first-order valence-electron chi connectivity index (χ1n) is 5.47. The molecule has 1 aromatic heterocycles. The second kappa shape index (κ2) is 4.75. The van der Waals surface area contributed by atoms with Crippen molar-refractivity contribution < 1.29 is 4.74 Å². The molecule has 0 amide bonds. The van der Waals surface area contributed by atoms with Gasteiger partial charge >= 0.3 is 0 Å². The molecule has 0 aliphatic carbocycles. The normalized spacial score (nSPS) is 12.1. The van der Waals surface area contributed by atoms with Crippen LogP contribution < -0.4 is 0 Å². The minimum Gasteiger partial charge on any atom is -0.373 e. The van der Waals surface area contributed by atoms with E-state index in [1.165, 1.54) is 0 Å². The Labute approximate surface area is 92.7 Å². The van der Waals surface area contributed by atoms with Gasteiger partial charge in [0.1, 0.15) is 0 Å². The molecule has 15 heavy (non-hydrogen) atoms. The molecule has 1 aromatic rings. The van der Waals surface area contributed by atoms with Gasteiger partial charge in [0.25, 0.3) is 0 Å². The predicted molar refractivity (Wildman–Crippen MR) is 62.9 cm³/mol. The van der Waals surface area contributed by atoms with Crippen LogP contribution in [0.1, 0.15) is 46.0 Å². The minimum atomic E-state index is 0.105. The fourth-order valence-corrected chi connectivity index (χ4v) is 1.23. The fourth-order valence-electron chi connectivity index (χ4n) is 1.23. The molecule has 2 nitrogen and oxygen atoms in total. The van der Waals surface area contributed by atoms with Crippen LogP contribution >= 0.6 is 0 Å². The van der Waals surface area contributed by atoms with Gasteiger partial charge in [-0.15, -0.1) is 0 Å². The van der Waals surface area contributed by atoms with Gasteiger partial charge in [0, 0.05) is 11.1 Å². The van der Waals surface area contributed by atoms with Crippen LogP contribution in [0.5, 0.6) is 0 Å². The highest BCUT2D eigenvalue weighted by molar-refractivity contribution is 5.17. The highest BCUT2D eigenvalue weighted by Gasteiger charge is 2.15. The topological polar surface area (TPSA) is 22.1 Å². The van der Waals surface area contributed by atoms with Crippen molar-refractivity contribution in [1.29, 1.82) is 0 Å². The third-order valence-electron chi connectivity index (χ3n) is 2.14. The Kier molecular flexibility index (Phi) is 3.86. The molecule has 0 spiro atoms. The van der Waals surface area contributed by atoms with Crippen LogP contribution in [0.2, 0.25) is 0 Å². The number of hydrogen-bond acceptors (Lipinski definition) is 2. The van der Waals surface area contributed by atoms with Crippen molar-refractivity contribution in [2.24, 2.45) is 0 Å². The molecule has 0 aliphatic heterocycles. The first-order valence-corrected chi connectivity index (χ1v) is 5.47. The standard InChI is InChI=1S/C13H21NO/c1-10(2)15-9-11-7-6-8-12(14-11)13(3,4)5/h6-8,10H,9H2,1-5H3. The van der Waals surface area contributed by atoms with Gasteiger partial charge < -0.3 is 4.74 Å². The summed E-state index contributed by atoms with van der Waals surface area (Å²) in [6.07, 6.45) is 0.255. The van der Waals surface area contributed by atoms with E-state index in [1.54, 1.807) is 0 Å². The molecule has 0 fully saturated rings. The first kappa shape index (κ1) is 12.2. The summed E-state index contributed by atoms with van der Waals surface area (Å²) in [5.41, 5.74) is 2.23. The van der Waals surface area contributed by atoms with E-state index in [2.05, 4.69) is 31.8 Å². The van der Waals surface area contributed by atoms with E-state index in [4.69, 9.17) is 4.74 Å². The Hall–Kier alpha value is -0.890. The van der Waals surface area contributed by atoms with Gasteiger partial charge in [-0.3, -0.25) is 4.98 Å². The fraction of sp³-hybridized carbons (Fsp3) is 0.615. The van der Waals surface area contributed by atoms with Crippen molar-refractivity contribution in [3.63, 3.8) is 0 Å². The Morgan fingerprint density at radius 3 is 2.47 bits per heavy atom. The Balaban J connectivity index is 2.75. The molecule has 0 aromatic carbocycles. The highest BCUT2D eigenvalue weighted by Crippen LogP contribution is 2.20. The van der Waals surface area contributed by atoms with Crippen LogP contribution in [0.15, 0.2) is 18.2 Å². The van der Waals surface area contributed by atoms with Gasteiger partial charge in [0.15, 0.2) is 0 Å². The molecule has 0 atom stereocenters. The van der Waals surface area contributed by atoms with Gasteiger partial charge in [-0.25, -0.2) is 0 Å². The van der Waals surface area contributed by atoms with E-state index in [1.807, 2.05) is 26.0 Å². The predicted octanol–water partition coefficient (Wildman–Crippen LogP) is 3.30. The zero-order valence-electron chi connectivity index (χ0n) is 10.4. The number of hydrogen-bond donors (Lipinski definition) is 0. The molecule has 0 saturated heterocycles. The molecule has 1 rings (SSSR count). The van der Waals surface area contributed by atoms with Gasteiger partial charge in [-0.1, -0.05) is 26.8 Å². The Morgan fingerprint density at radius 1 is 1.27 bits per heavy atom. The quantitative estimate of drug-likeness (QED) is 0.758. The lowest BCUT2D eigenvalue weighted by molar-refractivity contribution is 0.0634. The van der Waals surface area contributed by atoms with Gasteiger partial charge in [0.05, 0.1) is 18.4 Å². The summed E-state index contributed by atoms with van der Waals surface area (Å²) >= 11 is 0. The molecule has 2 heteroatoms. The molecule has 1 heterocycles. The zero-order chi connectivity index (χ0) is 11.5. The second-order valence-corrected chi connectivity index (χ2v) is 5.12.